The summed E-state index contributed by atoms with van der Waals surface area (Å²) in [5, 5.41) is 8.80. The maximum absolute atomic E-state index is 14.0. The van der Waals surface area contributed by atoms with E-state index in [1.54, 1.807) is 12.1 Å². The van der Waals surface area contributed by atoms with Crippen molar-refractivity contribution in [2.45, 2.75) is 32.2 Å². The van der Waals surface area contributed by atoms with Gasteiger partial charge in [0.1, 0.15) is 5.82 Å². The van der Waals surface area contributed by atoms with Crippen molar-refractivity contribution in [3.05, 3.63) is 35.1 Å². The first-order valence-corrected chi connectivity index (χ1v) is 8.37. The fourth-order valence-electron chi connectivity index (χ4n) is 3.25. The van der Waals surface area contributed by atoms with Crippen LogP contribution in [0.2, 0.25) is 0 Å². The molecule has 1 aliphatic heterocycles. The molecule has 0 radical (unpaired) electrons. The lowest BCUT2D eigenvalue weighted by molar-refractivity contribution is -0.138. The van der Waals surface area contributed by atoms with E-state index in [1.807, 2.05) is 11.0 Å². The molecule has 1 saturated heterocycles. The molecule has 3 rings (SSSR count). The summed E-state index contributed by atoms with van der Waals surface area (Å²) in [4.78, 5) is 16.5. The molecule has 1 amide bonds. The van der Waals surface area contributed by atoms with Crippen molar-refractivity contribution in [2.24, 2.45) is 5.92 Å². The monoisotopic (exact) mass is 315 g/mol. The third-order valence-electron chi connectivity index (χ3n) is 4.93. The van der Waals surface area contributed by atoms with Crippen LogP contribution < -0.4 is 0 Å². The normalized spacial score (nSPS) is 19.7. The topological polar surface area (TPSA) is 47.3 Å². The minimum Gasteiger partial charge on any atom is -0.341 e. The van der Waals surface area contributed by atoms with Gasteiger partial charge < -0.3 is 4.90 Å². The van der Waals surface area contributed by atoms with E-state index < -0.39 is 0 Å². The van der Waals surface area contributed by atoms with Crippen LogP contribution in [0.5, 0.6) is 0 Å². The molecule has 122 valence electrons. The van der Waals surface area contributed by atoms with Crippen LogP contribution in [-0.2, 0) is 11.3 Å². The van der Waals surface area contributed by atoms with Gasteiger partial charge in [0, 0.05) is 44.2 Å². The van der Waals surface area contributed by atoms with E-state index in [1.165, 1.54) is 12.5 Å². The van der Waals surface area contributed by atoms with Gasteiger partial charge in [-0.1, -0.05) is 12.5 Å². The maximum Gasteiger partial charge on any atom is 0.225 e. The minimum atomic E-state index is -0.323. The van der Waals surface area contributed by atoms with Crippen LogP contribution in [0.3, 0.4) is 0 Å². The van der Waals surface area contributed by atoms with Crippen LogP contribution in [0.25, 0.3) is 0 Å². The van der Waals surface area contributed by atoms with Gasteiger partial charge >= 0.3 is 0 Å². The quantitative estimate of drug-likeness (QED) is 0.861. The molecule has 4 nitrogen and oxygen atoms in total. The number of nitrogens with zero attached hydrogens (tertiary/aromatic N) is 3. The van der Waals surface area contributed by atoms with Crippen molar-refractivity contribution in [3.8, 4) is 6.07 Å². The zero-order valence-corrected chi connectivity index (χ0v) is 13.3. The van der Waals surface area contributed by atoms with E-state index in [2.05, 4.69) is 4.90 Å². The third kappa shape index (κ3) is 3.70. The van der Waals surface area contributed by atoms with Crippen LogP contribution in [0.15, 0.2) is 18.2 Å². The summed E-state index contributed by atoms with van der Waals surface area (Å²) in [7, 11) is 0. The van der Waals surface area contributed by atoms with E-state index in [-0.39, 0.29) is 11.7 Å². The molecule has 1 aromatic rings. The molecule has 1 aromatic carbocycles. The second-order valence-electron chi connectivity index (χ2n) is 6.50. The average molecular weight is 315 g/mol. The summed E-state index contributed by atoms with van der Waals surface area (Å²) in [6.45, 7) is 3.71. The number of nitriles is 1. The van der Waals surface area contributed by atoms with Crippen molar-refractivity contribution in [2.75, 3.05) is 26.2 Å². The molecule has 1 aliphatic carbocycles. The Kier molecular flexibility index (Phi) is 4.92. The van der Waals surface area contributed by atoms with Crippen molar-refractivity contribution in [1.82, 2.24) is 9.80 Å². The van der Waals surface area contributed by atoms with Crippen molar-refractivity contribution < 1.29 is 9.18 Å². The molecular formula is C18H22FN3O. The zero-order chi connectivity index (χ0) is 16.2. The van der Waals surface area contributed by atoms with Crippen LogP contribution in [0.1, 0.15) is 36.8 Å². The first-order valence-electron chi connectivity index (χ1n) is 8.37. The molecule has 0 atom stereocenters. The number of carbonyl (C=O) groups is 1. The van der Waals surface area contributed by atoms with Crippen LogP contribution >= 0.6 is 0 Å². The number of amides is 1. The summed E-state index contributed by atoms with van der Waals surface area (Å²) in [5.41, 5.74) is 0.960. The van der Waals surface area contributed by atoms with Gasteiger partial charge in [-0.2, -0.15) is 5.26 Å². The van der Waals surface area contributed by atoms with Crippen LogP contribution in [-0.4, -0.2) is 41.9 Å². The molecule has 0 unspecified atom stereocenters. The Morgan fingerprint density at radius 1 is 1.22 bits per heavy atom. The summed E-state index contributed by atoms with van der Waals surface area (Å²) >= 11 is 0. The minimum absolute atomic E-state index is 0.248. The summed E-state index contributed by atoms with van der Waals surface area (Å²) in [6.07, 6.45) is 4.18. The lowest BCUT2D eigenvalue weighted by Crippen LogP contribution is -2.41. The molecule has 2 fully saturated rings. The Morgan fingerprint density at radius 3 is 2.70 bits per heavy atom. The molecule has 23 heavy (non-hydrogen) atoms. The summed E-state index contributed by atoms with van der Waals surface area (Å²) < 4.78 is 14.0. The van der Waals surface area contributed by atoms with E-state index in [9.17, 15) is 9.18 Å². The van der Waals surface area contributed by atoms with Crippen LogP contribution in [0.4, 0.5) is 4.39 Å². The fraction of sp³-hybridized carbons (Fsp3) is 0.556. The Labute approximate surface area is 136 Å². The van der Waals surface area contributed by atoms with Crippen molar-refractivity contribution in [1.29, 1.82) is 5.26 Å². The largest absolute Gasteiger partial charge is 0.341 e. The third-order valence-corrected chi connectivity index (χ3v) is 4.93. The first kappa shape index (κ1) is 15.9. The van der Waals surface area contributed by atoms with Crippen molar-refractivity contribution >= 4 is 5.91 Å². The second kappa shape index (κ2) is 7.10. The fourth-order valence-corrected chi connectivity index (χ4v) is 3.25. The highest BCUT2D eigenvalue weighted by Gasteiger charge is 2.30. The van der Waals surface area contributed by atoms with Gasteiger partial charge in [0.2, 0.25) is 5.91 Å². The highest BCUT2D eigenvalue weighted by Crippen LogP contribution is 2.28. The highest BCUT2D eigenvalue weighted by atomic mass is 19.1. The first-order chi connectivity index (χ1) is 11.2. The van der Waals surface area contributed by atoms with Gasteiger partial charge in [0.05, 0.1) is 11.6 Å². The molecular weight excluding hydrogens is 293 g/mol. The number of hydrogen-bond donors (Lipinski definition) is 0. The lowest BCUT2D eigenvalue weighted by Gasteiger charge is -2.31. The number of hydrogen-bond acceptors (Lipinski definition) is 3. The van der Waals surface area contributed by atoms with Gasteiger partial charge in [-0.15, -0.1) is 0 Å². The summed E-state index contributed by atoms with van der Waals surface area (Å²) in [5.74, 6) is 0.232. The maximum atomic E-state index is 14.0. The predicted molar refractivity (Wildman–Crippen MR) is 84.9 cm³/mol. The van der Waals surface area contributed by atoms with E-state index in [4.69, 9.17) is 5.26 Å². The second-order valence-corrected chi connectivity index (χ2v) is 6.50. The van der Waals surface area contributed by atoms with Gasteiger partial charge in [-0.3, -0.25) is 9.69 Å². The molecule has 0 aromatic heterocycles. The Hall–Kier alpha value is -1.93. The van der Waals surface area contributed by atoms with Gasteiger partial charge in [-0.05, 0) is 31.4 Å². The van der Waals surface area contributed by atoms with E-state index >= 15 is 0 Å². The molecule has 5 heteroatoms. The van der Waals surface area contributed by atoms with E-state index in [0.29, 0.717) is 23.6 Å². The standard InChI is InChI=1S/C18H22FN3O/c19-17-11-14(12-20)5-6-16(17)13-21-7-2-8-22(10-9-21)18(23)15-3-1-4-15/h5-6,11,15H,1-4,7-10,13H2. The van der Waals surface area contributed by atoms with E-state index in [0.717, 1.165) is 45.4 Å². The molecule has 2 aliphatic rings. The predicted octanol–water partition coefficient (Wildman–Crippen LogP) is 2.53. The SMILES string of the molecule is N#Cc1ccc(CN2CCCN(C(=O)C3CCC3)CC2)c(F)c1. The Bertz CT molecular complexity index is 621. The van der Waals surface area contributed by atoms with Crippen LogP contribution in [0, 0.1) is 23.1 Å². The molecule has 1 saturated carbocycles. The van der Waals surface area contributed by atoms with Gasteiger partial charge in [0.25, 0.3) is 0 Å². The van der Waals surface area contributed by atoms with Crippen molar-refractivity contribution in [3.63, 3.8) is 0 Å². The smallest absolute Gasteiger partial charge is 0.225 e. The molecule has 0 N–H and O–H groups in total. The number of rotatable bonds is 3. The number of carbonyl (C=O) groups excluding carboxylic acids is 1. The molecule has 1 heterocycles. The number of halogens is 1. The molecule has 0 bridgehead atoms. The number of benzene rings is 1. The van der Waals surface area contributed by atoms with Gasteiger partial charge in [0.15, 0.2) is 0 Å². The Balaban J connectivity index is 1.58. The highest BCUT2D eigenvalue weighted by molar-refractivity contribution is 5.79. The zero-order valence-electron chi connectivity index (χ0n) is 13.3. The summed E-state index contributed by atoms with van der Waals surface area (Å²) in [6, 6.07) is 6.59. The Morgan fingerprint density at radius 2 is 2.04 bits per heavy atom. The molecule has 0 spiro atoms. The average Bonchev–Trinajstić information content (AvgIpc) is 2.73. The lowest BCUT2D eigenvalue weighted by atomic mass is 9.84. The van der Waals surface area contributed by atoms with Gasteiger partial charge in [-0.25, -0.2) is 4.39 Å².